The van der Waals surface area contributed by atoms with Crippen LogP contribution in [0.3, 0.4) is 0 Å². The van der Waals surface area contributed by atoms with E-state index in [9.17, 15) is 0 Å². The molecule has 6 heteroatoms. The summed E-state index contributed by atoms with van der Waals surface area (Å²) in [7, 11) is 0. The molecule has 0 bridgehead atoms. The molecule has 3 rings (SSSR count). The van der Waals surface area contributed by atoms with Gasteiger partial charge in [-0.2, -0.15) is 15.3 Å². The van der Waals surface area contributed by atoms with E-state index in [4.69, 9.17) is 15.3 Å². The Morgan fingerprint density at radius 3 is 0.925 bits per heavy atom. The zero-order chi connectivity index (χ0) is 28.7. The van der Waals surface area contributed by atoms with Gasteiger partial charge in [-0.05, 0) is 75.0 Å². The predicted octanol–water partition coefficient (Wildman–Crippen LogP) is 9.58. The van der Waals surface area contributed by atoms with Crippen molar-refractivity contribution >= 4 is 36.5 Å². The molecule has 0 aliphatic carbocycles. The van der Waals surface area contributed by atoms with Crippen molar-refractivity contribution < 1.29 is 0 Å². The van der Waals surface area contributed by atoms with E-state index in [1.165, 1.54) is 0 Å². The fourth-order valence-corrected chi connectivity index (χ4v) is 4.64. The molecule has 0 amide bonds. The van der Waals surface area contributed by atoms with Crippen LogP contribution < -0.4 is 0 Å². The van der Waals surface area contributed by atoms with Crippen LogP contribution >= 0.6 is 0 Å². The SMILES string of the molecule is CCC=Cc1n[nH]c(C=CCC)c1C(c1c(C=CCC)n[nH]c1C=CCC)c1c(C=CCC)n[nH]c1C=CCC. The van der Waals surface area contributed by atoms with Crippen molar-refractivity contribution in [3.8, 4) is 0 Å². The van der Waals surface area contributed by atoms with E-state index in [1.54, 1.807) is 0 Å². The first-order chi connectivity index (χ1) is 19.6. The summed E-state index contributed by atoms with van der Waals surface area (Å²) < 4.78 is 0. The van der Waals surface area contributed by atoms with Gasteiger partial charge in [0, 0.05) is 22.6 Å². The van der Waals surface area contributed by atoms with Crippen LogP contribution in [0.25, 0.3) is 36.5 Å². The summed E-state index contributed by atoms with van der Waals surface area (Å²) in [5.41, 5.74) is 9.13. The number of H-pyrrole nitrogens is 3. The average Bonchev–Trinajstić information content (AvgIpc) is 3.68. The van der Waals surface area contributed by atoms with Crippen molar-refractivity contribution in [1.29, 1.82) is 0 Å². The molecule has 3 aromatic heterocycles. The standard InChI is InChI=1S/C34H46N6/c1-7-13-19-25-31(26(36-35-25)20-14-8-2)34(32-27(21-15-9-3)37-38-28(32)22-16-10-4)33-29(23-17-11-5)39-40-30(33)24-18-12-6/h13-24,34H,7-12H2,1-6H3,(H,35,36)(H,37,38)(H,39,40). The molecular weight excluding hydrogens is 492 g/mol. The Balaban J connectivity index is 2.53. The molecule has 0 saturated heterocycles. The molecule has 6 nitrogen and oxygen atoms in total. The van der Waals surface area contributed by atoms with Gasteiger partial charge >= 0.3 is 0 Å². The molecule has 0 spiro atoms. The third-order valence-corrected chi connectivity index (χ3v) is 6.55. The molecule has 3 N–H and O–H groups in total. The van der Waals surface area contributed by atoms with Gasteiger partial charge in [-0.15, -0.1) is 0 Å². The smallest absolute Gasteiger partial charge is 0.0893 e. The molecule has 0 aliphatic rings. The fourth-order valence-electron chi connectivity index (χ4n) is 4.64. The number of allylic oxidation sites excluding steroid dienone is 6. The van der Waals surface area contributed by atoms with Crippen LogP contribution in [0.15, 0.2) is 36.5 Å². The Bertz CT molecular complexity index is 1110. The first-order valence-electron chi connectivity index (χ1n) is 14.9. The molecule has 0 fully saturated rings. The van der Waals surface area contributed by atoms with Gasteiger partial charge in [-0.1, -0.05) is 78.0 Å². The van der Waals surface area contributed by atoms with Crippen molar-refractivity contribution in [1.82, 2.24) is 30.6 Å². The highest BCUT2D eigenvalue weighted by Crippen LogP contribution is 2.43. The van der Waals surface area contributed by atoms with Crippen molar-refractivity contribution in [2.24, 2.45) is 0 Å². The van der Waals surface area contributed by atoms with Gasteiger partial charge < -0.3 is 0 Å². The van der Waals surface area contributed by atoms with Crippen molar-refractivity contribution in [2.45, 2.75) is 86.0 Å². The number of hydrogen-bond acceptors (Lipinski definition) is 3. The number of aromatic amines is 3. The fraction of sp³-hybridized carbons (Fsp3) is 0.382. The Labute approximate surface area is 240 Å². The van der Waals surface area contributed by atoms with E-state index < -0.39 is 0 Å². The molecule has 0 radical (unpaired) electrons. The highest BCUT2D eigenvalue weighted by molar-refractivity contribution is 5.73. The highest BCUT2D eigenvalue weighted by Gasteiger charge is 2.33. The van der Waals surface area contributed by atoms with Gasteiger partial charge in [-0.25, -0.2) is 0 Å². The lowest BCUT2D eigenvalue weighted by molar-refractivity contribution is 0.959. The maximum absolute atomic E-state index is 4.82. The zero-order valence-corrected chi connectivity index (χ0v) is 25.1. The van der Waals surface area contributed by atoms with Gasteiger partial charge in [0.1, 0.15) is 0 Å². The second kappa shape index (κ2) is 16.2. The van der Waals surface area contributed by atoms with Gasteiger partial charge in [-0.3, -0.25) is 15.3 Å². The van der Waals surface area contributed by atoms with E-state index in [2.05, 4.69) is 130 Å². The maximum atomic E-state index is 4.82. The predicted molar refractivity (Wildman–Crippen MR) is 173 cm³/mol. The Morgan fingerprint density at radius 1 is 0.425 bits per heavy atom. The van der Waals surface area contributed by atoms with Crippen LogP contribution in [-0.2, 0) is 0 Å². The van der Waals surface area contributed by atoms with Crippen molar-refractivity contribution in [2.75, 3.05) is 0 Å². The van der Waals surface area contributed by atoms with Crippen LogP contribution in [0, 0.1) is 0 Å². The summed E-state index contributed by atoms with van der Waals surface area (Å²) in [6.45, 7) is 12.9. The Morgan fingerprint density at radius 2 is 0.675 bits per heavy atom. The summed E-state index contributed by atoms with van der Waals surface area (Å²) in [6, 6.07) is 0. The second-order valence-corrected chi connectivity index (χ2v) is 9.61. The van der Waals surface area contributed by atoms with Gasteiger partial charge in [0.15, 0.2) is 0 Å². The number of nitrogens with zero attached hydrogens (tertiary/aromatic N) is 3. The van der Waals surface area contributed by atoms with Crippen molar-refractivity contribution in [3.05, 3.63) is 87.3 Å². The van der Waals surface area contributed by atoms with Crippen LogP contribution in [0.2, 0.25) is 0 Å². The summed E-state index contributed by atoms with van der Waals surface area (Å²) >= 11 is 0. The maximum Gasteiger partial charge on any atom is 0.0893 e. The minimum absolute atomic E-state index is 0.190. The Hall–Kier alpha value is -3.93. The molecule has 40 heavy (non-hydrogen) atoms. The largest absolute Gasteiger partial charge is 0.278 e. The Kier molecular flexibility index (Phi) is 12.4. The van der Waals surface area contributed by atoms with E-state index in [0.717, 1.165) is 89.4 Å². The van der Waals surface area contributed by atoms with Crippen LogP contribution in [0.5, 0.6) is 0 Å². The molecule has 0 aliphatic heterocycles. The van der Waals surface area contributed by atoms with Crippen LogP contribution in [0.1, 0.15) is 137 Å². The molecule has 0 atom stereocenters. The van der Waals surface area contributed by atoms with Gasteiger partial charge in [0.2, 0.25) is 0 Å². The summed E-state index contributed by atoms with van der Waals surface area (Å²) in [5, 5.41) is 24.5. The van der Waals surface area contributed by atoms with E-state index >= 15 is 0 Å². The van der Waals surface area contributed by atoms with E-state index in [1.807, 2.05) is 0 Å². The van der Waals surface area contributed by atoms with Crippen LogP contribution in [0.4, 0.5) is 0 Å². The quantitative estimate of drug-likeness (QED) is 0.180. The normalized spacial score (nSPS) is 13.7. The molecule has 3 heterocycles. The third-order valence-electron chi connectivity index (χ3n) is 6.55. The first-order valence-corrected chi connectivity index (χ1v) is 14.9. The number of hydrogen-bond donors (Lipinski definition) is 3. The zero-order valence-electron chi connectivity index (χ0n) is 25.1. The number of rotatable bonds is 15. The lowest BCUT2D eigenvalue weighted by Crippen LogP contribution is -2.10. The lowest BCUT2D eigenvalue weighted by atomic mass is 9.80. The van der Waals surface area contributed by atoms with Crippen LogP contribution in [-0.4, -0.2) is 30.6 Å². The molecule has 0 unspecified atom stereocenters. The third kappa shape index (κ3) is 7.38. The summed E-state index contributed by atoms with van der Waals surface area (Å²) in [4.78, 5) is 0. The lowest BCUT2D eigenvalue weighted by Gasteiger charge is -2.20. The minimum Gasteiger partial charge on any atom is -0.278 e. The molecule has 0 saturated carbocycles. The molecule has 3 aromatic rings. The highest BCUT2D eigenvalue weighted by atomic mass is 15.1. The first kappa shape index (κ1) is 30.6. The molecule has 0 aromatic carbocycles. The van der Waals surface area contributed by atoms with Gasteiger partial charge in [0.25, 0.3) is 0 Å². The monoisotopic (exact) mass is 538 g/mol. The number of aromatic nitrogens is 6. The van der Waals surface area contributed by atoms with E-state index in [0.29, 0.717) is 0 Å². The minimum atomic E-state index is -0.190. The van der Waals surface area contributed by atoms with Gasteiger partial charge in [0.05, 0.1) is 34.2 Å². The topological polar surface area (TPSA) is 86.0 Å². The second-order valence-electron chi connectivity index (χ2n) is 9.61. The summed E-state index contributed by atoms with van der Waals surface area (Å²) in [5.74, 6) is -0.190. The summed E-state index contributed by atoms with van der Waals surface area (Å²) in [6.07, 6.45) is 31.5. The van der Waals surface area contributed by atoms with E-state index in [-0.39, 0.29) is 5.92 Å². The number of nitrogens with one attached hydrogen (secondary N) is 3. The van der Waals surface area contributed by atoms with Crippen molar-refractivity contribution in [3.63, 3.8) is 0 Å². The average molecular weight is 539 g/mol. The molecule has 212 valence electrons. The molecular formula is C34H46N6.